The zero-order valence-electron chi connectivity index (χ0n) is 19.4. The summed E-state index contributed by atoms with van der Waals surface area (Å²) in [4.78, 5) is 52.0. The van der Waals surface area contributed by atoms with E-state index in [0.29, 0.717) is 32.8 Å². The molecule has 3 heterocycles. The Labute approximate surface area is 204 Å². The van der Waals surface area contributed by atoms with E-state index in [4.69, 9.17) is 0 Å². The molecule has 9 heteroatoms. The zero-order chi connectivity index (χ0) is 25.1. The first kappa shape index (κ1) is 22.1. The Balaban J connectivity index is 1.31. The van der Waals surface area contributed by atoms with E-state index in [2.05, 4.69) is 5.10 Å². The number of carbonyl (C=O) groups excluding carboxylic acids is 3. The number of halogens is 1. The van der Waals surface area contributed by atoms with Gasteiger partial charge in [0.25, 0.3) is 23.3 Å². The number of aryl methyl sites for hydroxylation is 1. The van der Waals surface area contributed by atoms with Gasteiger partial charge in [-0.25, -0.2) is 14.0 Å². The molecule has 0 spiro atoms. The predicted octanol–water partition coefficient (Wildman–Crippen LogP) is 3.31. The number of fused-ring (bicyclic) bond motifs is 2. The molecule has 36 heavy (non-hydrogen) atoms. The minimum atomic E-state index is -1.01. The van der Waals surface area contributed by atoms with Crippen molar-refractivity contribution in [1.29, 1.82) is 0 Å². The Kier molecular flexibility index (Phi) is 4.96. The molecule has 0 radical (unpaired) electrons. The number of hydrogen-bond acceptors (Lipinski definition) is 5. The summed E-state index contributed by atoms with van der Waals surface area (Å²) in [5.74, 6) is -2.78. The number of hydrogen-bond donors (Lipinski definition) is 0. The van der Waals surface area contributed by atoms with Crippen LogP contribution >= 0.6 is 0 Å². The summed E-state index contributed by atoms with van der Waals surface area (Å²) in [6.07, 6.45) is 5.63. The lowest BCUT2D eigenvalue weighted by atomic mass is 10.0. The van der Waals surface area contributed by atoms with E-state index >= 15 is 0 Å². The summed E-state index contributed by atoms with van der Waals surface area (Å²) in [6.45, 7) is 0.728. The third-order valence-electron chi connectivity index (χ3n) is 6.78. The smallest absolute Gasteiger partial charge is 0.274 e. The van der Waals surface area contributed by atoms with Crippen LogP contribution in [0.2, 0.25) is 0 Å². The van der Waals surface area contributed by atoms with Gasteiger partial charge in [0.05, 0.1) is 27.8 Å². The molecule has 0 bridgehead atoms. The van der Waals surface area contributed by atoms with Crippen molar-refractivity contribution in [2.75, 3.05) is 0 Å². The van der Waals surface area contributed by atoms with E-state index in [1.165, 1.54) is 16.8 Å². The molecule has 4 aromatic rings. The average molecular weight is 484 g/mol. The van der Waals surface area contributed by atoms with Crippen molar-refractivity contribution < 1.29 is 18.8 Å². The minimum Gasteiger partial charge on any atom is -0.352 e. The van der Waals surface area contributed by atoms with Crippen LogP contribution < -0.4 is 5.56 Å². The molecule has 2 aromatic carbocycles. The van der Waals surface area contributed by atoms with Gasteiger partial charge in [0.1, 0.15) is 5.82 Å². The number of rotatable bonds is 5. The number of imide groups is 3. The number of aromatic nitrogens is 3. The highest BCUT2D eigenvalue weighted by atomic mass is 19.1. The third kappa shape index (κ3) is 3.55. The lowest BCUT2D eigenvalue weighted by Crippen LogP contribution is -2.37. The summed E-state index contributed by atoms with van der Waals surface area (Å²) in [7, 11) is 1.55. The van der Waals surface area contributed by atoms with Crippen LogP contribution in [0.25, 0.3) is 10.8 Å². The van der Waals surface area contributed by atoms with Gasteiger partial charge in [0.15, 0.2) is 0 Å². The maximum absolute atomic E-state index is 14.8. The highest BCUT2D eigenvalue weighted by Crippen LogP contribution is 2.33. The number of nitrogens with zero attached hydrogens (tertiary/aromatic N) is 4. The van der Waals surface area contributed by atoms with Gasteiger partial charge >= 0.3 is 0 Å². The van der Waals surface area contributed by atoms with Gasteiger partial charge in [0.2, 0.25) is 0 Å². The summed E-state index contributed by atoms with van der Waals surface area (Å²) >= 11 is 0. The van der Waals surface area contributed by atoms with Crippen molar-refractivity contribution in [2.24, 2.45) is 13.0 Å². The first-order chi connectivity index (χ1) is 17.3. The monoisotopic (exact) mass is 484 g/mol. The Hall–Kier alpha value is -4.40. The third-order valence-corrected chi connectivity index (χ3v) is 6.78. The minimum absolute atomic E-state index is 0.159. The molecule has 8 nitrogen and oxygen atoms in total. The first-order valence-electron chi connectivity index (χ1n) is 11.7. The molecule has 0 N–H and O–H groups in total. The largest absolute Gasteiger partial charge is 0.352 e. The van der Waals surface area contributed by atoms with E-state index in [9.17, 15) is 23.6 Å². The zero-order valence-corrected chi connectivity index (χ0v) is 19.4. The fourth-order valence-electron chi connectivity index (χ4n) is 4.74. The molecule has 2 aliphatic rings. The van der Waals surface area contributed by atoms with Crippen LogP contribution in [0.1, 0.15) is 55.2 Å². The van der Waals surface area contributed by atoms with Gasteiger partial charge in [-0.3, -0.25) is 19.2 Å². The molecule has 3 amide bonds. The lowest BCUT2D eigenvalue weighted by molar-refractivity contribution is 0.0563. The molecule has 0 atom stereocenters. The summed E-state index contributed by atoms with van der Waals surface area (Å²) in [5, 5.41) is 5.51. The molecule has 1 saturated carbocycles. The van der Waals surface area contributed by atoms with Crippen molar-refractivity contribution >= 4 is 28.5 Å². The van der Waals surface area contributed by atoms with Crippen LogP contribution in [0, 0.1) is 11.7 Å². The second-order valence-corrected chi connectivity index (χ2v) is 9.39. The summed E-state index contributed by atoms with van der Waals surface area (Å²) < 4.78 is 17.8. The van der Waals surface area contributed by atoms with E-state index in [-0.39, 0.29) is 28.7 Å². The number of carbonyl (C=O) groups is 3. The lowest BCUT2D eigenvalue weighted by Gasteiger charge is -2.14. The van der Waals surface area contributed by atoms with Crippen molar-refractivity contribution in [3.05, 3.63) is 99.0 Å². The van der Waals surface area contributed by atoms with E-state index in [0.717, 1.165) is 25.5 Å². The molecular weight excluding hydrogens is 463 g/mol. The number of amides is 3. The molecule has 1 fully saturated rings. The molecule has 1 aliphatic heterocycles. The van der Waals surface area contributed by atoms with Crippen molar-refractivity contribution in [2.45, 2.75) is 25.8 Å². The Morgan fingerprint density at radius 3 is 2.33 bits per heavy atom. The van der Waals surface area contributed by atoms with Crippen LogP contribution in [0.4, 0.5) is 4.39 Å². The van der Waals surface area contributed by atoms with Crippen molar-refractivity contribution in [1.82, 2.24) is 19.2 Å². The molecule has 2 aromatic heterocycles. The normalized spacial score (nSPS) is 15.1. The van der Waals surface area contributed by atoms with Gasteiger partial charge in [-0.1, -0.05) is 24.3 Å². The quantitative estimate of drug-likeness (QED) is 0.405. The highest BCUT2D eigenvalue weighted by Gasteiger charge is 2.42. The van der Waals surface area contributed by atoms with Crippen LogP contribution in [0.15, 0.2) is 59.7 Å². The standard InChI is InChI=1S/C27H21FN4O4/c1-30-24(33)18-5-3-2-4-17(18)23(29-30)11-16-8-9-22(28)19(10-16)25(34)32-26(35)20-13-31(12-15-6-7-15)14-21(20)27(32)36/h2-5,8-10,13-15H,6-7,11-12H2,1H3. The maximum atomic E-state index is 14.8. The van der Waals surface area contributed by atoms with E-state index in [1.54, 1.807) is 43.7 Å². The molecule has 6 rings (SSSR count). The van der Waals surface area contributed by atoms with Crippen LogP contribution in [-0.4, -0.2) is 37.0 Å². The first-order valence-corrected chi connectivity index (χ1v) is 11.7. The molecule has 180 valence electrons. The predicted molar refractivity (Wildman–Crippen MR) is 128 cm³/mol. The second kappa shape index (κ2) is 8.08. The van der Waals surface area contributed by atoms with Crippen molar-refractivity contribution in [3.63, 3.8) is 0 Å². The van der Waals surface area contributed by atoms with E-state index < -0.39 is 23.5 Å². The fraction of sp³-hybridized carbons (Fsp3) is 0.222. The van der Waals surface area contributed by atoms with Gasteiger partial charge < -0.3 is 4.57 Å². The van der Waals surface area contributed by atoms with Crippen LogP contribution in [-0.2, 0) is 20.0 Å². The fourth-order valence-corrected chi connectivity index (χ4v) is 4.74. The Morgan fingerprint density at radius 1 is 1.00 bits per heavy atom. The van der Waals surface area contributed by atoms with Crippen molar-refractivity contribution in [3.8, 4) is 0 Å². The van der Waals surface area contributed by atoms with Crippen LogP contribution in [0.3, 0.4) is 0 Å². The SMILES string of the molecule is Cn1nc(Cc2ccc(F)c(C(=O)N3C(=O)c4cn(CC5CC5)cc4C3=O)c2)c2ccccc2c1=O. The molecule has 1 aliphatic carbocycles. The second-order valence-electron chi connectivity index (χ2n) is 9.39. The highest BCUT2D eigenvalue weighted by molar-refractivity contribution is 6.31. The summed E-state index contributed by atoms with van der Waals surface area (Å²) in [6, 6.07) is 11.0. The molecular formula is C27H21FN4O4. The summed E-state index contributed by atoms with van der Waals surface area (Å²) in [5.41, 5.74) is 0.827. The maximum Gasteiger partial charge on any atom is 0.274 e. The van der Waals surface area contributed by atoms with Crippen LogP contribution in [0.5, 0.6) is 0 Å². The number of benzene rings is 2. The Morgan fingerprint density at radius 2 is 1.67 bits per heavy atom. The molecule has 0 unspecified atom stereocenters. The Bertz CT molecular complexity index is 1630. The average Bonchev–Trinajstić information content (AvgIpc) is 3.53. The van der Waals surface area contributed by atoms with E-state index in [1.807, 2.05) is 4.57 Å². The molecule has 0 saturated heterocycles. The van der Waals surface area contributed by atoms with Gasteiger partial charge in [-0.2, -0.15) is 5.10 Å². The topological polar surface area (TPSA) is 94.3 Å². The van der Waals surface area contributed by atoms with Gasteiger partial charge in [-0.05, 0) is 42.5 Å². The van der Waals surface area contributed by atoms with Gasteiger partial charge in [0, 0.05) is 37.8 Å². The van der Waals surface area contributed by atoms with Gasteiger partial charge in [-0.15, -0.1) is 0 Å².